The smallest absolute Gasteiger partial charge is 0.253 e. The molecule has 4 aromatic rings. The maximum Gasteiger partial charge on any atom is 0.253 e. The number of benzene rings is 2. The summed E-state index contributed by atoms with van der Waals surface area (Å²) >= 11 is 0. The zero-order valence-electron chi connectivity index (χ0n) is 19.7. The van der Waals surface area contributed by atoms with Crippen LogP contribution >= 0.6 is 0 Å². The number of ether oxygens (including phenoxy) is 1. The first-order valence-electron chi connectivity index (χ1n) is 11.8. The number of Topliss-reactive ketones (excluding diaryl/α,β-unsaturated/α-hetero) is 1. The van der Waals surface area contributed by atoms with Crippen molar-refractivity contribution >= 4 is 28.8 Å². The van der Waals surface area contributed by atoms with E-state index in [1.165, 1.54) is 6.07 Å². The van der Waals surface area contributed by atoms with E-state index in [-0.39, 0.29) is 28.8 Å². The number of fused-ring (bicyclic) bond motifs is 2. The number of aromatic nitrogens is 2. The van der Waals surface area contributed by atoms with Crippen molar-refractivity contribution in [2.45, 2.75) is 0 Å². The molecule has 6 rings (SSSR count). The minimum absolute atomic E-state index is 0.0350. The Morgan fingerprint density at radius 3 is 2.64 bits per heavy atom. The van der Waals surface area contributed by atoms with Crippen molar-refractivity contribution in [1.82, 2.24) is 19.8 Å². The summed E-state index contributed by atoms with van der Waals surface area (Å²) in [5, 5.41) is 14.3. The van der Waals surface area contributed by atoms with Gasteiger partial charge in [0, 0.05) is 62.1 Å². The molecule has 0 atom stereocenters. The Balaban J connectivity index is 1.38. The highest BCUT2D eigenvalue weighted by atomic mass is 16.5. The van der Waals surface area contributed by atoms with Gasteiger partial charge in [-0.15, -0.1) is 0 Å². The van der Waals surface area contributed by atoms with Crippen LogP contribution in [-0.2, 0) is 7.05 Å². The molecule has 1 fully saturated rings. The lowest BCUT2D eigenvalue weighted by Gasteiger charge is -2.27. The second-order valence-corrected chi connectivity index (χ2v) is 8.96. The van der Waals surface area contributed by atoms with Crippen molar-refractivity contribution in [1.29, 1.82) is 0 Å². The van der Waals surface area contributed by atoms with Gasteiger partial charge in [-0.05, 0) is 47.5 Å². The number of pyridine rings is 1. The number of nitrogens with zero attached hydrogens (tertiary/aromatic N) is 3. The van der Waals surface area contributed by atoms with Crippen molar-refractivity contribution in [2.24, 2.45) is 7.05 Å². The van der Waals surface area contributed by atoms with Gasteiger partial charge in [0.2, 0.25) is 5.78 Å². The number of phenolic OH excluding ortho intramolecular Hbond substituents is 1. The van der Waals surface area contributed by atoms with Crippen LogP contribution in [0.15, 0.2) is 66.7 Å². The van der Waals surface area contributed by atoms with Crippen molar-refractivity contribution in [3.63, 3.8) is 0 Å². The molecular weight excluding hydrogens is 456 g/mol. The fourth-order valence-corrected chi connectivity index (χ4v) is 4.89. The van der Waals surface area contributed by atoms with Crippen molar-refractivity contribution in [3.8, 4) is 22.6 Å². The fraction of sp³-hybridized carbons (Fsp3) is 0.179. The molecule has 36 heavy (non-hydrogen) atoms. The quantitative estimate of drug-likeness (QED) is 0.435. The highest BCUT2D eigenvalue weighted by molar-refractivity contribution is 6.17. The summed E-state index contributed by atoms with van der Waals surface area (Å²) in [5.41, 5.74) is 4.22. The SMILES string of the molecule is Cn1cc(/C=C2\Oc3cccc(O)c3C2=O)c2c(-c3ccc(C(=O)N4CCNCC4)cc3)ccnc21. The van der Waals surface area contributed by atoms with Gasteiger partial charge in [0.15, 0.2) is 5.76 Å². The highest BCUT2D eigenvalue weighted by Gasteiger charge is 2.30. The fourth-order valence-electron chi connectivity index (χ4n) is 4.89. The first kappa shape index (κ1) is 22.1. The molecule has 2 N–H and O–H groups in total. The molecule has 2 aromatic heterocycles. The zero-order valence-corrected chi connectivity index (χ0v) is 19.7. The van der Waals surface area contributed by atoms with E-state index >= 15 is 0 Å². The number of hydrogen-bond acceptors (Lipinski definition) is 6. The Morgan fingerprint density at radius 1 is 1.11 bits per heavy atom. The summed E-state index contributed by atoms with van der Waals surface area (Å²) in [4.78, 5) is 32.2. The average molecular weight is 481 g/mol. The van der Waals surface area contributed by atoms with E-state index < -0.39 is 0 Å². The maximum atomic E-state index is 12.9. The van der Waals surface area contributed by atoms with Gasteiger partial charge in [0.1, 0.15) is 22.7 Å². The molecule has 0 bridgehead atoms. The van der Waals surface area contributed by atoms with Gasteiger partial charge < -0.3 is 24.6 Å². The Morgan fingerprint density at radius 2 is 1.89 bits per heavy atom. The molecule has 0 spiro atoms. The van der Waals surface area contributed by atoms with Gasteiger partial charge in [0.05, 0.1) is 0 Å². The lowest BCUT2D eigenvalue weighted by atomic mass is 9.99. The third-order valence-corrected chi connectivity index (χ3v) is 6.70. The maximum absolute atomic E-state index is 12.9. The molecule has 2 aliphatic rings. The number of carbonyl (C=O) groups is 2. The lowest BCUT2D eigenvalue weighted by molar-refractivity contribution is 0.0735. The molecule has 8 heteroatoms. The third-order valence-electron chi connectivity index (χ3n) is 6.70. The number of piperazine rings is 1. The van der Waals surface area contributed by atoms with Gasteiger partial charge in [-0.1, -0.05) is 18.2 Å². The summed E-state index contributed by atoms with van der Waals surface area (Å²) in [6.07, 6.45) is 5.34. The first-order valence-corrected chi connectivity index (χ1v) is 11.8. The molecule has 2 aliphatic heterocycles. The summed E-state index contributed by atoms with van der Waals surface area (Å²) < 4.78 is 7.68. The number of rotatable bonds is 3. The molecule has 0 radical (unpaired) electrons. The number of hydrogen-bond donors (Lipinski definition) is 2. The summed E-state index contributed by atoms with van der Waals surface area (Å²) in [6, 6.07) is 14.3. The summed E-state index contributed by atoms with van der Waals surface area (Å²) in [5.74, 6) is 0.0612. The molecule has 0 saturated carbocycles. The van der Waals surface area contributed by atoms with Gasteiger partial charge in [-0.3, -0.25) is 9.59 Å². The van der Waals surface area contributed by atoms with Gasteiger partial charge in [-0.25, -0.2) is 4.98 Å². The van der Waals surface area contributed by atoms with Crippen LogP contribution in [0.25, 0.3) is 28.2 Å². The number of amides is 1. The number of ketones is 1. The highest BCUT2D eigenvalue weighted by Crippen LogP contribution is 2.39. The molecule has 180 valence electrons. The van der Waals surface area contributed by atoms with E-state index in [4.69, 9.17) is 4.74 Å². The average Bonchev–Trinajstić information content (AvgIpc) is 3.41. The standard InChI is InChI=1S/C28H24N4O4/c1-31-16-19(15-23-26(34)25-21(33)3-2-4-22(25)36-23)24-20(9-10-30-27(24)31)17-5-7-18(8-6-17)28(35)32-13-11-29-12-14-32/h2-10,15-16,29,33H,11-14H2,1H3/b23-15-. The topological polar surface area (TPSA) is 96.7 Å². The first-order chi connectivity index (χ1) is 17.5. The van der Waals surface area contributed by atoms with Crippen molar-refractivity contribution in [2.75, 3.05) is 26.2 Å². The van der Waals surface area contributed by atoms with E-state index in [0.29, 0.717) is 24.4 Å². The molecule has 8 nitrogen and oxygen atoms in total. The molecule has 0 aliphatic carbocycles. The molecule has 0 unspecified atom stereocenters. The lowest BCUT2D eigenvalue weighted by Crippen LogP contribution is -2.46. The van der Waals surface area contributed by atoms with E-state index in [0.717, 1.165) is 40.8 Å². The number of aryl methyl sites for hydroxylation is 1. The predicted molar refractivity (Wildman–Crippen MR) is 136 cm³/mol. The van der Waals surface area contributed by atoms with E-state index in [1.807, 2.05) is 53.0 Å². The minimum atomic E-state index is -0.360. The van der Waals surface area contributed by atoms with Crippen LogP contribution in [0.4, 0.5) is 0 Å². The predicted octanol–water partition coefficient (Wildman–Crippen LogP) is 3.61. The van der Waals surface area contributed by atoms with Gasteiger partial charge >= 0.3 is 0 Å². The van der Waals surface area contributed by atoms with Crippen LogP contribution in [0.2, 0.25) is 0 Å². The molecule has 4 heterocycles. The zero-order chi connectivity index (χ0) is 24.8. The second-order valence-electron chi connectivity index (χ2n) is 8.96. The van der Waals surface area contributed by atoms with E-state index in [2.05, 4.69) is 10.3 Å². The number of aromatic hydroxyl groups is 1. The Kier molecular flexibility index (Phi) is 5.30. The molecular formula is C28H24N4O4. The number of phenols is 1. The van der Waals surface area contributed by atoms with Crippen LogP contribution in [0.3, 0.4) is 0 Å². The number of nitrogens with one attached hydrogen (secondary N) is 1. The van der Waals surface area contributed by atoms with Crippen molar-refractivity contribution in [3.05, 3.63) is 83.4 Å². The van der Waals surface area contributed by atoms with E-state index in [9.17, 15) is 14.7 Å². The molecule has 1 saturated heterocycles. The summed E-state index contributed by atoms with van der Waals surface area (Å²) in [7, 11) is 1.90. The van der Waals surface area contributed by atoms with Crippen LogP contribution < -0.4 is 10.1 Å². The number of carbonyl (C=O) groups excluding carboxylic acids is 2. The van der Waals surface area contributed by atoms with Crippen LogP contribution in [0.5, 0.6) is 11.5 Å². The summed E-state index contributed by atoms with van der Waals surface area (Å²) in [6.45, 7) is 3.02. The van der Waals surface area contributed by atoms with Crippen LogP contribution in [-0.4, -0.2) is 57.4 Å². The molecule has 1 amide bonds. The Labute approximate surface area is 207 Å². The minimum Gasteiger partial charge on any atom is -0.507 e. The van der Waals surface area contributed by atoms with Crippen LogP contribution in [0, 0.1) is 0 Å². The van der Waals surface area contributed by atoms with Crippen molar-refractivity contribution < 1.29 is 19.4 Å². The monoisotopic (exact) mass is 480 g/mol. The van der Waals surface area contributed by atoms with E-state index in [1.54, 1.807) is 24.4 Å². The molecule has 2 aromatic carbocycles. The van der Waals surface area contributed by atoms with Gasteiger partial charge in [0.25, 0.3) is 5.91 Å². The normalized spacial score (nSPS) is 16.4. The number of allylic oxidation sites excluding steroid dienone is 1. The van der Waals surface area contributed by atoms with Crippen LogP contribution in [0.1, 0.15) is 26.3 Å². The Bertz CT molecular complexity index is 1550. The second kappa shape index (κ2) is 8.66. The van der Waals surface area contributed by atoms with Gasteiger partial charge in [-0.2, -0.15) is 0 Å². The Hall–Kier alpha value is -4.43. The largest absolute Gasteiger partial charge is 0.507 e. The third kappa shape index (κ3) is 3.63.